The van der Waals surface area contributed by atoms with Gasteiger partial charge in [0.2, 0.25) is 10.0 Å². The molecular weight excluding hydrogens is 377 g/mol. The summed E-state index contributed by atoms with van der Waals surface area (Å²) in [7, 11) is -3.35. The van der Waals surface area contributed by atoms with Crippen LogP contribution in [0.3, 0.4) is 0 Å². The summed E-state index contributed by atoms with van der Waals surface area (Å²) in [6.45, 7) is 0.962. The second-order valence-corrected chi connectivity index (χ2v) is 7.61. The van der Waals surface area contributed by atoms with Crippen LogP contribution in [0, 0.1) is 3.57 Å². The van der Waals surface area contributed by atoms with Gasteiger partial charge in [-0.25, -0.2) is 8.42 Å². The molecule has 1 saturated heterocycles. The SMILES string of the molecule is O=S(=O)(c1ccccc1)N1CC(n2cc(I)cn2)C1. The average molecular weight is 389 g/mol. The van der Waals surface area contributed by atoms with Crippen molar-refractivity contribution in [1.29, 1.82) is 0 Å². The van der Waals surface area contributed by atoms with Gasteiger partial charge in [-0.15, -0.1) is 0 Å². The maximum absolute atomic E-state index is 12.3. The van der Waals surface area contributed by atoms with Crippen LogP contribution >= 0.6 is 22.6 Å². The lowest BCUT2D eigenvalue weighted by Gasteiger charge is -2.37. The van der Waals surface area contributed by atoms with Crippen molar-refractivity contribution < 1.29 is 8.42 Å². The first-order valence-electron chi connectivity index (χ1n) is 5.82. The van der Waals surface area contributed by atoms with Crippen LogP contribution in [-0.2, 0) is 10.0 Å². The molecule has 1 aliphatic rings. The first-order valence-corrected chi connectivity index (χ1v) is 8.34. The van der Waals surface area contributed by atoms with Crippen molar-refractivity contribution in [2.75, 3.05) is 13.1 Å². The Balaban J connectivity index is 1.74. The minimum absolute atomic E-state index is 0.141. The van der Waals surface area contributed by atoms with Gasteiger partial charge in [-0.05, 0) is 34.7 Å². The van der Waals surface area contributed by atoms with E-state index in [1.165, 1.54) is 4.31 Å². The number of rotatable bonds is 3. The van der Waals surface area contributed by atoms with Crippen molar-refractivity contribution in [3.8, 4) is 0 Å². The smallest absolute Gasteiger partial charge is 0.243 e. The summed E-state index contributed by atoms with van der Waals surface area (Å²) >= 11 is 2.19. The largest absolute Gasteiger partial charge is 0.266 e. The number of aromatic nitrogens is 2. The molecular formula is C12H12IN3O2S. The Labute approximate surface area is 125 Å². The molecule has 2 heterocycles. The van der Waals surface area contributed by atoms with E-state index in [4.69, 9.17) is 0 Å². The molecule has 5 nitrogen and oxygen atoms in total. The molecule has 0 radical (unpaired) electrons. The zero-order valence-electron chi connectivity index (χ0n) is 9.98. The summed E-state index contributed by atoms with van der Waals surface area (Å²) < 4.78 is 29.0. The van der Waals surface area contributed by atoms with Crippen molar-refractivity contribution in [3.63, 3.8) is 0 Å². The molecule has 0 spiro atoms. The summed E-state index contributed by atoms with van der Waals surface area (Å²) in [5.74, 6) is 0. The van der Waals surface area contributed by atoms with Crippen LogP contribution in [0.4, 0.5) is 0 Å². The van der Waals surface area contributed by atoms with Crippen LogP contribution in [0.15, 0.2) is 47.6 Å². The highest BCUT2D eigenvalue weighted by atomic mass is 127. The molecule has 1 aliphatic heterocycles. The van der Waals surface area contributed by atoms with Crippen molar-refractivity contribution in [1.82, 2.24) is 14.1 Å². The monoisotopic (exact) mass is 389 g/mol. The van der Waals surface area contributed by atoms with Gasteiger partial charge in [0.15, 0.2) is 0 Å². The van der Waals surface area contributed by atoms with Crippen LogP contribution in [-0.4, -0.2) is 35.6 Å². The van der Waals surface area contributed by atoms with E-state index < -0.39 is 10.0 Å². The highest BCUT2D eigenvalue weighted by Crippen LogP contribution is 2.27. The highest BCUT2D eigenvalue weighted by molar-refractivity contribution is 14.1. The normalized spacial score (nSPS) is 17.3. The Morgan fingerprint density at radius 3 is 2.47 bits per heavy atom. The van der Waals surface area contributed by atoms with Gasteiger partial charge in [-0.2, -0.15) is 9.40 Å². The van der Waals surface area contributed by atoms with Gasteiger partial charge in [0.25, 0.3) is 0 Å². The van der Waals surface area contributed by atoms with Crippen molar-refractivity contribution in [3.05, 3.63) is 46.3 Å². The first kappa shape index (κ1) is 13.1. The maximum Gasteiger partial charge on any atom is 0.243 e. The first-order chi connectivity index (χ1) is 9.07. The summed E-state index contributed by atoms with van der Waals surface area (Å²) in [4.78, 5) is 0.350. The summed E-state index contributed by atoms with van der Waals surface area (Å²) in [5.41, 5.74) is 0. The fourth-order valence-electron chi connectivity index (χ4n) is 2.04. The van der Waals surface area contributed by atoms with E-state index in [0.717, 1.165) is 3.57 Å². The van der Waals surface area contributed by atoms with Gasteiger partial charge in [-0.1, -0.05) is 18.2 Å². The van der Waals surface area contributed by atoms with E-state index in [-0.39, 0.29) is 6.04 Å². The fraction of sp³-hybridized carbons (Fsp3) is 0.250. The predicted molar refractivity (Wildman–Crippen MR) is 79.2 cm³/mol. The van der Waals surface area contributed by atoms with E-state index >= 15 is 0 Å². The quantitative estimate of drug-likeness (QED) is 0.752. The highest BCUT2D eigenvalue weighted by Gasteiger charge is 2.37. The third-order valence-corrected chi connectivity index (χ3v) is 5.56. The van der Waals surface area contributed by atoms with E-state index in [9.17, 15) is 8.42 Å². The fourth-order valence-corrected chi connectivity index (χ4v) is 3.98. The zero-order chi connectivity index (χ0) is 13.5. The minimum atomic E-state index is -3.35. The lowest BCUT2D eigenvalue weighted by molar-refractivity contribution is 0.191. The molecule has 0 saturated carbocycles. The molecule has 0 amide bonds. The van der Waals surface area contributed by atoms with Crippen LogP contribution in [0.5, 0.6) is 0 Å². The number of benzene rings is 1. The molecule has 0 aliphatic carbocycles. The topological polar surface area (TPSA) is 55.2 Å². The van der Waals surface area contributed by atoms with E-state index in [1.54, 1.807) is 30.5 Å². The van der Waals surface area contributed by atoms with Crippen molar-refractivity contribution in [2.45, 2.75) is 10.9 Å². The molecule has 0 unspecified atom stereocenters. The molecule has 100 valence electrons. The van der Waals surface area contributed by atoms with Gasteiger partial charge in [-0.3, -0.25) is 4.68 Å². The van der Waals surface area contributed by atoms with E-state index in [2.05, 4.69) is 27.7 Å². The van der Waals surface area contributed by atoms with Gasteiger partial charge in [0, 0.05) is 19.3 Å². The van der Waals surface area contributed by atoms with Crippen LogP contribution < -0.4 is 0 Å². The van der Waals surface area contributed by atoms with Crippen LogP contribution in [0.1, 0.15) is 6.04 Å². The average Bonchev–Trinajstić information content (AvgIpc) is 2.74. The number of sulfonamides is 1. The molecule has 2 aromatic rings. The summed E-state index contributed by atoms with van der Waals surface area (Å²) in [5, 5.41) is 4.21. The Hall–Kier alpha value is -0.930. The molecule has 0 bridgehead atoms. The standard InChI is InChI=1S/C12H12IN3O2S/c13-10-6-14-16(7-10)11-8-15(9-11)19(17,18)12-4-2-1-3-5-12/h1-7,11H,8-9H2. The van der Waals surface area contributed by atoms with Crippen molar-refractivity contribution >= 4 is 32.6 Å². The molecule has 3 rings (SSSR count). The second kappa shape index (κ2) is 4.88. The molecule has 1 aromatic heterocycles. The molecule has 19 heavy (non-hydrogen) atoms. The lowest BCUT2D eigenvalue weighted by Crippen LogP contribution is -2.50. The van der Waals surface area contributed by atoms with Gasteiger partial charge < -0.3 is 0 Å². The number of hydrogen-bond acceptors (Lipinski definition) is 3. The van der Waals surface area contributed by atoms with Gasteiger partial charge in [0.05, 0.1) is 20.7 Å². The molecule has 0 atom stereocenters. The minimum Gasteiger partial charge on any atom is -0.266 e. The molecule has 0 N–H and O–H groups in total. The third kappa shape index (κ3) is 2.41. The van der Waals surface area contributed by atoms with Crippen molar-refractivity contribution in [2.24, 2.45) is 0 Å². The Morgan fingerprint density at radius 2 is 1.89 bits per heavy atom. The van der Waals surface area contributed by atoms with Crippen LogP contribution in [0.2, 0.25) is 0 Å². The van der Waals surface area contributed by atoms with E-state index in [0.29, 0.717) is 18.0 Å². The molecule has 7 heteroatoms. The zero-order valence-corrected chi connectivity index (χ0v) is 13.0. The number of hydrogen-bond donors (Lipinski definition) is 0. The third-order valence-electron chi connectivity index (χ3n) is 3.15. The Kier molecular flexibility index (Phi) is 3.35. The number of nitrogens with zero attached hydrogens (tertiary/aromatic N) is 3. The van der Waals surface area contributed by atoms with Gasteiger partial charge >= 0.3 is 0 Å². The number of halogens is 1. The Morgan fingerprint density at radius 1 is 1.21 bits per heavy atom. The molecule has 1 aromatic carbocycles. The summed E-state index contributed by atoms with van der Waals surface area (Å²) in [6, 6.07) is 8.67. The van der Waals surface area contributed by atoms with Crippen LogP contribution in [0.25, 0.3) is 0 Å². The summed E-state index contributed by atoms with van der Waals surface area (Å²) in [6.07, 6.45) is 3.70. The molecule has 1 fully saturated rings. The van der Waals surface area contributed by atoms with Gasteiger partial charge in [0.1, 0.15) is 0 Å². The van der Waals surface area contributed by atoms with E-state index in [1.807, 2.05) is 16.9 Å². The second-order valence-electron chi connectivity index (χ2n) is 4.43. The maximum atomic E-state index is 12.3. The lowest BCUT2D eigenvalue weighted by atomic mass is 10.2. The Bertz CT molecular complexity index is 678. The predicted octanol–water partition coefficient (Wildman–Crippen LogP) is 1.73.